The van der Waals surface area contributed by atoms with Gasteiger partial charge in [0.1, 0.15) is 0 Å². The number of hydrogen-bond acceptors (Lipinski definition) is 4. The van der Waals surface area contributed by atoms with Crippen LogP contribution in [0.15, 0.2) is 17.0 Å². The highest BCUT2D eigenvalue weighted by atomic mass is 32.2. The summed E-state index contributed by atoms with van der Waals surface area (Å²) in [7, 11) is -7.32. The third-order valence-corrected chi connectivity index (χ3v) is 4.50. The van der Waals surface area contributed by atoms with Gasteiger partial charge in [-0.2, -0.15) is 0 Å². The Balaban J connectivity index is 3.75. The minimum atomic E-state index is -3.85. The molecule has 0 aliphatic rings. The zero-order valence-electron chi connectivity index (χ0n) is 12.8. The predicted molar refractivity (Wildman–Crippen MR) is 84.5 cm³/mol. The van der Waals surface area contributed by atoms with Gasteiger partial charge in [-0.3, -0.25) is 4.72 Å². The number of sulfonamides is 2. The molecule has 120 valence electrons. The Morgan fingerprint density at radius 2 is 1.33 bits per heavy atom. The van der Waals surface area contributed by atoms with Crippen molar-refractivity contribution in [3.8, 4) is 0 Å². The number of anilines is 1. The van der Waals surface area contributed by atoms with E-state index >= 15 is 0 Å². The second kappa shape index (κ2) is 5.94. The summed E-state index contributed by atoms with van der Waals surface area (Å²) in [5.74, 6) is -0.123. The van der Waals surface area contributed by atoms with Crippen molar-refractivity contribution in [3.05, 3.63) is 23.3 Å². The molecule has 0 amide bonds. The zero-order chi connectivity index (χ0) is 16.6. The second-order valence-corrected chi connectivity index (χ2v) is 9.02. The Morgan fingerprint density at radius 1 is 0.952 bits per heavy atom. The lowest BCUT2D eigenvalue weighted by Crippen LogP contribution is -2.17. The van der Waals surface area contributed by atoms with Crippen LogP contribution in [-0.4, -0.2) is 23.1 Å². The fourth-order valence-corrected chi connectivity index (χ4v) is 3.23. The molecule has 21 heavy (non-hydrogen) atoms. The minimum absolute atomic E-state index is 0.00560. The molecule has 0 bridgehead atoms. The number of rotatable bonds is 5. The SMILES string of the molecule is CC(C)c1cc(S(N)(=O)=O)cc(C(C)C)c1NS(C)(=O)=O. The molecule has 3 N–H and O–H groups in total. The number of benzene rings is 1. The summed E-state index contributed by atoms with van der Waals surface area (Å²) in [5.41, 5.74) is 1.65. The lowest BCUT2D eigenvalue weighted by Gasteiger charge is -2.21. The summed E-state index contributed by atoms with van der Waals surface area (Å²) in [6.07, 6.45) is 1.06. The summed E-state index contributed by atoms with van der Waals surface area (Å²) in [4.78, 5) is -0.00560. The molecular weight excluding hydrogens is 312 g/mol. The zero-order valence-corrected chi connectivity index (χ0v) is 14.5. The van der Waals surface area contributed by atoms with Crippen LogP contribution in [0, 0.1) is 0 Å². The van der Waals surface area contributed by atoms with Gasteiger partial charge in [-0.15, -0.1) is 0 Å². The molecule has 1 rings (SSSR count). The topological polar surface area (TPSA) is 106 Å². The molecule has 0 radical (unpaired) electrons. The Morgan fingerprint density at radius 3 is 1.57 bits per heavy atom. The highest BCUT2D eigenvalue weighted by molar-refractivity contribution is 7.92. The van der Waals surface area contributed by atoms with Crippen LogP contribution in [0.4, 0.5) is 5.69 Å². The van der Waals surface area contributed by atoms with E-state index in [2.05, 4.69) is 4.72 Å². The maximum absolute atomic E-state index is 11.6. The molecule has 1 aromatic carbocycles. The van der Waals surface area contributed by atoms with Gasteiger partial charge in [-0.1, -0.05) is 27.7 Å². The Labute approximate surface area is 126 Å². The number of hydrogen-bond donors (Lipinski definition) is 2. The molecule has 0 spiro atoms. The molecule has 0 saturated carbocycles. The van der Waals surface area contributed by atoms with Gasteiger partial charge in [0.05, 0.1) is 16.8 Å². The second-order valence-electron chi connectivity index (χ2n) is 5.71. The quantitative estimate of drug-likeness (QED) is 0.858. The molecule has 0 fully saturated rings. The summed E-state index contributed by atoms with van der Waals surface area (Å²) < 4.78 is 48.9. The van der Waals surface area contributed by atoms with Crippen LogP contribution >= 0.6 is 0 Å². The monoisotopic (exact) mass is 334 g/mol. The van der Waals surface area contributed by atoms with Gasteiger partial charge in [0.15, 0.2) is 0 Å². The van der Waals surface area contributed by atoms with Gasteiger partial charge in [-0.25, -0.2) is 22.0 Å². The molecule has 0 aliphatic carbocycles. The molecule has 0 aromatic heterocycles. The first-order chi connectivity index (χ1) is 9.33. The van der Waals surface area contributed by atoms with Crippen LogP contribution < -0.4 is 9.86 Å². The Hall–Kier alpha value is -1.12. The largest absolute Gasteiger partial charge is 0.283 e. The van der Waals surface area contributed by atoms with Gasteiger partial charge in [0.25, 0.3) is 0 Å². The van der Waals surface area contributed by atoms with Crippen LogP contribution in [0.5, 0.6) is 0 Å². The van der Waals surface area contributed by atoms with Crippen LogP contribution in [0.2, 0.25) is 0 Å². The summed E-state index contributed by atoms with van der Waals surface area (Å²) in [6, 6.07) is 2.86. The standard InChI is InChI=1S/C13H22N2O4S2/c1-8(2)11-6-10(21(14,18)19)7-12(9(3)4)13(11)15-20(5,16)17/h6-9,15H,1-5H3,(H2,14,18,19). The van der Waals surface area contributed by atoms with Crippen molar-refractivity contribution in [1.29, 1.82) is 0 Å². The van der Waals surface area contributed by atoms with E-state index in [1.807, 2.05) is 27.7 Å². The van der Waals surface area contributed by atoms with Crippen LogP contribution in [0.25, 0.3) is 0 Å². The normalized spacial score (nSPS) is 13.0. The Kier molecular flexibility index (Phi) is 5.07. The molecule has 1 aromatic rings. The highest BCUT2D eigenvalue weighted by Gasteiger charge is 2.21. The first kappa shape index (κ1) is 17.9. The van der Waals surface area contributed by atoms with E-state index in [-0.39, 0.29) is 16.7 Å². The van der Waals surface area contributed by atoms with E-state index in [9.17, 15) is 16.8 Å². The van der Waals surface area contributed by atoms with Gasteiger partial charge in [0.2, 0.25) is 20.0 Å². The molecule has 0 heterocycles. The first-order valence-electron chi connectivity index (χ1n) is 6.51. The lowest BCUT2D eigenvalue weighted by molar-refractivity contribution is 0.597. The predicted octanol–water partition coefficient (Wildman–Crippen LogP) is 1.95. The van der Waals surface area contributed by atoms with Crippen molar-refractivity contribution < 1.29 is 16.8 Å². The number of primary sulfonamides is 1. The van der Waals surface area contributed by atoms with Gasteiger partial charge < -0.3 is 0 Å². The first-order valence-corrected chi connectivity index (χ1v) is 9.95. The fourth-order valence-electron chi connectivity index (χ4n) is 2.04. The number of nitrogens with one attached hydrogen (secondary N) is 1. The van der Waals surface area contributed by atoms with Crippen molar-refractivity contribution in [2.75, 3.05) is 11.0 Å². The van der Waals surface area contributed by atoms with Gasteiger partial charge in [-0.05, 0) is 35.1 Å². The van der Waals surface area contributed by atoms with Crippen molar-refractivity contribution in [2.45, 2.75) is 44.4 Å². The van der Waals surface area contributed by atoms with E-state index < -0.39 is 20.0 Å². The average molecular weight is 334 g/mol. The van der Waals surface area contributed by atoms with Crippen LogP contribution in [0.1, 0.15) is 50.7 Å². The van der Waals surface area contributed by atoms with E-state index in [0.29, 0.717) is 16.8 Å². The fraction of sp³-hybridized carbons (Fsp3) is 0.538. The smallest absolute Gasteiger partial charge is 0.238 e. The van der Waals surface area contributed by atoms with Gasteiger partial charge in [0, 0.05) is 0 Å². The minimum Gasteiger partial charge on any atom is -0.283 e. The van der Waals surface area contributed by atoms with E-state index in [0.717, 1.165) is 6.26 Å². The maximum atomic E-state index is 11.6. The molecule has 0 unspecified atom stereocenters. The maximum Gasteiger partial charge on any atom is 0.238 e. The van der Waals surface area contributed by atoms with E-state index in [4.69, 9.17) is 5.14 Å². The molecule has 0 atom stereocenters. The van der Waals surface area contributed by atoms with Crippen LogP contribution in [0.3, 0.4) is 0 Å². The number of nitrogens with two attached hydrogens (primary N) is 1. The summed E-state index contributed by atoms with van der Waals surface area (Å²) in [5, 5.41) is 5.21. The summed E-state index contributed by atoms with van der Waals surface area (Å²) >= 11 is 0. The molecule has 6 nitrogen and oxygen atoms in total. The average Bonchev–Trinajstić information content (AvgIpc) is 2.24. The molecular formula is C13H22N2O4S2. The molecule has 0 aliphatic heterocycles. The highest BCUT2D eigenvalue weighted by Crippen LogP contribution is 2.35. The van der Waals surface area contributed by atoms with Gasteiger partial charge >= 0.3 is 0 Å². The summed E-state index contributed by atoms with van der Waals surface area (Å²) in [6.45, 7) is 7.44. The van der Waals surface area contributed by atoms with E-state index in [1.54, 1.807) is 0 Å². The molecule has 0 saturated heterocycles. The van der Waals surface area contributed by atoms with Crippen molar-refractivity contribution in [1.82, 2.24) is 0 Å². The van der Waals surface area contributed by atoms with Crippen molar-refractivity contribution >= 4 is 25.7 Å². The van der Waals surface area contributed by atoms with Crippen molar-refractivity contribution in [3.63, 3.8) is 0 Å². The van der Waals surface area contributed by atoms with E-state index in [1.165, 1.54) is 12.1 Å². The Bertz CT molecular complexity index is 706. The lowest BCUT2D eigenvalue weighted by atomic mass is 9.93. The third kappa shape index (κ3) is 4.69. The van der Waals surface area contributed by atoms with Crippen molar-refractivity contribution in [2.24, 2.45) is 5.14 Å². The van der Waals surface area contributed by atoms with Crippen LogP contribution in [-0.2, 0) is 20.0 Å². The molecule has 8 heteroatoms. The third-order valence-electron chi connectivity index (χ3n) is 3.03.